The van der Waals surface area contributed by atoms with Crippen LogP contribution in [-0.4, -0.2) is 31.4 Å². The molecule has 0 atom stereocenters. The van der Waals surface area contributed by atoms with Crippen LogP contribution in [0, 0.1) is 11.3 Å². The van der Waals surface area contributed by atoms with Crippen LogP contribution in [0.15, 0.2) is 18.2 Å². The summed E-state index contributed by atoms with van der Waals surface area (Å²) in [7, 11) is 3.09. The largest absolute Gasteiger partial charge is 0.417 e. The molecule has 1 aromatic carbocycles. The van der Waals surface area contributed by atoms with Gasteiger partial charge in [0.1, 0.15) is 0 Å². The van der Waals surface area contributed by atoms with E-state index in [0.29, 0.717) is 0 Å². The predicted molar refractivity (Wildman–Crippen MR) is 63.3 cm³/mol. The topological polar surface area (TPSA) is 56.1 Å². The second-order valence-electron chi connectivity index (χ2n) is 4.01. The number of anilines is 1. The number of rotatable bonds is 3. The molecule has 0 aliphatic rings. The number of nitriles is 1. The van der Waals surface area contributed by atoms with Gasteiger partial charge in [-0.3, -0.25) is 4.79 Å². The van der Waals surface area contributed by atoms with Gasteiger partial charge in [0.25, 0.3) is 0 Å². The Bertz CT molecular complexity index is 518. The van der Waals surface area contributed by atoms with E-state index in [1.54, 1.807) is 14.1 Å². The van der Waals surface area contributed by atoms with Crippen molar-refractivity contribution >= 4 is 11.6 Å². The normalized spacial score (nSPS) is 10.7. The highest BCUT2D eigenvalue weighted by Crippen LogP contribution is 2.33. The van der Waals surface area contributed by atoms with Gasteiger partial charge in [-0.2, -0.15) is 18.4 Å². The highest BCUT2D eigenvalue weighted by atomic mass is 19.4. The number of likely N-dealkylation sites (N-methyl/N-ethyl adjacent to an activating group) is 1. The number of carbonyl (C=O) groups is 1. The van der Waals surface area contributed by atoms with E-state index in [9.17, 15) is 18.0 Å². The molecule has 0 aromatic heterocycles. The van der Waals surface area contributed by atoms with Crippen molar-refractivity contribution in [3.63, 3.8) is 0 Å². The molecular weight excluding hydrogens is 259 g/mol. The second-order valence-corrected chi connectivity index (χ2v) is 4.01. The molecule has 1 N–H and O–H groups in total. The summed E-state index contributed by atoms with van der Waals surface area (Å²) in [6.45, 7) is -0.115. The molecule has 1 rings (SSSR count). The third-order valence-corrected chi connectivity index (χ3v) is 2.39. The minimum Gasteiger partial charge on any atom is -0.376 e. The molecule has 0 aliphatic heterocycles. The summed E-state index contributed by atoms with van der Waals surface area (Å²) >= 11 is 0. The monoisotopic (exact) mass is 271 g/mol. The molecule has 0 bridgehead atoms. The first-order chi connectivity index (χ1) is 8.75. The van der Waals surface area contributed by atoms with Crippen LogP contribution in [0.1, 0.15) is 11.1 Å². The molecule has 7 heteroatoms. The molecular formula is C12H12F3N3O. The van der Waals surface area contributed by atoms with Crippen LogP contribution in [0.4, 0.5) is 18.9 Å². The van der Waals surface area contributed by atoms with E-state index >= 15 is 0 Å². The lowest BCUT2D eigenvalue weighted by Crippen LogP contribution is -2.28. The van der Waals surface area contributed by atoms with Crippen molar-refractivity contribution in [2.24, 2.45) is 0 Å². The maximum Gasteiger partial charge on any atom is 0.417 e. The van der Waals surface area contributed by atoms with Crippen molar-refractivity contribution in [3.05, 3.63) is 29.3 Å². The maximum atomic E-state index is 12.7. The third-order valence-electron chi connectivity index (χ3n) is 2.39. The van der Waals surface area contributed by atoms with Gasteiger partial charge < -0.3 is 10.2 Å². The van der Waals surface area contributed by atoms with Crippen molar-refractivity contribution < 1.29 is 18.0 Å². The quantitative estimate of drug-likeness (QED) is 0.915. The zero-order valence-corrected chi connectivity index (χ0v) is 10.4. The van der Waals surface area contributed by atoms with Gasteiger partial charge in [0.2, 0.25) is 5.91 Å². The van der Waals surface area contributed by atoms with Crippen LogP contribution in [0.25, 0.3) is 0 Å². The van der Waals surface area contributed by atoms with E-state index in [0.717, 1.165) is 12.1 Å². The van der Waals surface area contributed by atoms with Crippen LogP contribution in [0.3, 0.4) is 0 Å². The Morgan fingerprint density at radius 3 is 2.53 bits per heavy atom. The van der Waals surface area contributed by atoms with Gasteiger partial charge in [0.15, 0.2) is 0 Å². The SMILES string of the molecule is CN(C)C(=O)CNc1ccc(C#N)c(C(F)(F)F)c1. The van der Waals surface area contributed by atoms with E-state index in [-0.39, 0.29) is 18.1 Å². The van der Waals surface area contributed by atoms with Gasteiger partial charge in [-0.1, -0.05) is 0 Å². The first kappa shape index (κ1) is 14.8. The lowest BCUT2D eigenvalue weighted by Gasteiger charge is -2.14. The molecule has 1 aromatic rings. The highest BCUT2D eigenvalue weighted by molar-refractivity contribution is 5.80. The molecule has 0 aliphatic carbocycles. The Morgan fingerprint density at radius 2 is 2.05 bits per heavy atom. The zero-order chi connectivity index (χ0) is 14.6. The first-order valence-corrected chi connectivity index (χ1v) is 5.31. The van der Waals surface area contributed by atoms with E-state index in [1.165, 1.54) is 17.0 Å². The van der Waals surface area contributed by atoms with Gasteiger partial charge in [-0.15, -0.1) is 0 Å². The number of alkyl halides is 3. The van der Waals surface area contributed by atoms with Crippen molar-refractivity contribution in [1.82, 2.24) is 4.90 Å². The van der Waals surface area contributed by atoms with Crippen molar-refractivity contribution in [1.29, 1.82) is 5.26 Å². The van der Waals surface area contributed by atoms with Crippen LogP contribution in [0.2, 0.25) is 0 Å². The second kappa shape index (κ2) is 5.61. The number of nitrogens with zero attached hydrogens (tertiary/aromatic N) is 2. The number of hydrogen-bond donors (Lipinski definition) is 1. The van der Waals surface area contributed by atoms with E-state index in [1.807, 2.05) is 0 Å². The molecule has 0 saturated carbocycles. The molecule has 102 valence electrons. The lowest BCUT2D eigenvalue weighted by molar-refractivity contribution is -0.137. The smallest absolute Gasteiger partial charge is 0.376 e. The molecule has 0 radical (unpaired) electrons. The number of amides is 1. The van der Waals surface area contributed by atoms with Gasteiger partial charge in [0.05, 0.1) is 23.7 Å². The van der Waals surface area contributed by atoms with Crippen molar-refractivity contribution in [2.75, 3.05) is 26.0 Å². The summed E-state index contributed by atoms with van der Waals surface area (Å²) in [6.07, 6.45) is -4.60. The Labute approximate surface area is 108 Å². The van der Waals surface area contributed by atoms with E-state index in [2.05, 4.69) is 5.32 Å². The fraction of sp³-hybridized carbons (Fsp3) is 0.333. The van der Waals surface area contributed by atoms with Crippen molar-refractivity contribution in [3.8, 4) is 6.07 Å². The molecule has 0 heterocycles. The fourth-order valence-corrected chi connectivity index (χ4v) is 1.32. The molecule has 0 fully saturated rings. The highest BCUT2D eigenvalue weighted by Gasteiger charge is 2.33. The zero-order valence-electron chi connectivity index (χ0n) is 10.4. The predicted octanol–water partition coefficient (Wildman–Crippen LogP) is 2.08. The average Bonchev–Trinajstić information content (AvgIpc) is 2.34. The Hall–Kier alpha value is -2.23. The number of hydrogen-bond acceptors (Lipinski definition) is 3. The minimum absolute atomic E-state index is 0.115. The number of halogens is 3. The standard InChI is InChI=1S/C12H12F3N3O/c1-18(2)11(19)7-17-9-4-3-8(6-16)10(5-9)12(13,14)15/h3-5,17H,7H2,1-2H3. The summed E-state index contributed by atoms with van der Waals surface area (Å²) in [5.74, 6) is -0.266. The average molecular weight is 271 g/mol. The van der Waals surface area contributed by atoms with Crippen molar-refractivity contribution in [2.45, 2.75) is 6.18 Å². The summed E-state index contributed by atoms with van der Waals surface area (Å²) < 4.78 is 38.1. The summed E-state index contributed by atoms with van der Waals surface area (Å²) in [5.41, 5.74) is -1.32. The van der Waals surface area contributed by atoms with Crippen LogP contribution in [0.5, 0.6) is 0 Å². The molecule has 0 unspecified atom stereocenters. The molecule has 0 spiro atoms. The Morgan fingerprint density at radius 1 is 1.42 bits per heavy atom. The van der Waals surface area contributed by atoms with E-state index in [4.69, 9.17) is 5.26 Å². The number of carbonyl (C=O) groups excluding carboxylic acids is 1. The summed E-state index contributed by atoms with van der Waals surface area (Å²) in [4.78, 5) is 12.6. The number of benzene rings is 1. The minimum atomic E-state index is -4.60. The van der Waals surface area contributed by atoms with Crippen LogP contribution >= 0.6 is 0 Å². The summed E-state index contributed by atoms with van der Waals surface area (Å²) in [5, 5.41) is 11.2. The van der Waals surface area contributed by atoms with Gasteiger partial charge in [-0.25, -0.2) is 0 Å². The maximum absolute atomic E-state index is 12.7. The van der Waals surface area contributed by atoms with Crippen LogP contribution in [-0.2, 0) is 11.0 Å². The van der Waals surface area contributed by atoms with Crippen LogP contribution < -0.4 is 5.32 Å². The first-order valence-electron chi connectivity index (χ1n) is 5.31. The Kier molecular flexibility index (Phi) is 4.38. The fourth-order valence-electron chi connectivity index (χ4n) is 1.32. The van der Waals surface area contributed by atoms with E-state index < -0.39 is 17.3 Å². The summed E-state index contributed by atoms with van der Waals surface area (Å²) in [6, 6.07) is 4.72. The van der Waals surface area contributed by atoms with Gasteiger partial charge >= 0.3 is 6.18 Å². The molecule has 0 saturated heterocycles. The molecule has 19 heavy (non-hydrogen) atoms. The van der Waals surface area contributed by atoms with Gasteiger partial charge in [-0.05, 0) is 18.2 Å². The number of nitrogens with one attached hydrogen (secondary N) is 1. The third kappa shape index (κ3) is 3.88. The Balaban J connectivity index is 2.94. The molecule has 1 amide bonds. The van der Waals surface area contributed by atoms with Gasteiger partial charge in [0, 0.05) is 19.8 Å². The lowest BCUT2D eigenvalue weighted by atomic mass is 10.1. The molecule has 4 nitrogen and oxygen atoms in total.